The number of fused-ring (bicyclic) bond motifs is 1. The van der Waals surface area contributed by atoms with Gasteiger partial charge in [-0.25, -0.2) is 4.79 Å². The van der Waals surface area contributed by atoms with Crippen molar-refractivity contribution in [2.45, 2.75) is 58.0 Å². The number of aromatic amines is 1. The number of carbonyl (C=O) groups is 1. The minimum absolute atomic E-state index is 0.0971. The number of rotatable bonds is 8. The molecule has 0 aliphatic heterocycles. The molecule has 0 unspecified atom stereocenters. The van der Waals surface area contributed by atoms with Crippen molar-refractivity contribution in [1.29, 1.82) is 0 Å². The number of ether oxygens (including phenoxy) is 1. The monoisotopic (exact) mass is 357 g/mol. The normalized spacial score (nSPS) is 15.3. The zero-order valence-corrected chi connectivity index (χ0v) is 15.8. The van der Waals surface area contributed by atoms with Crippen molar-refractivity contribution < 1.29 is 9.53 Å². The molecular weight excluding hydrogens is 326 g/mol. The third-order valence-corrected chi connectivity index (χ3v) is 5.20. The van der Waals surface area contributed by atoms with Gasteiger partial charge in [-0.1, -0.05) is 37.5 Å². The summed E-state index contributed by atoms with van der Waals surface area (Å²) >= 11 is 0. The van der Waals surface area contributed by atoms with Crippen LogP contribution >= 0.6 is 0 Å². The Kier molecular flexibility index (Phi) is 6.95. The lowest BCUT2D eigenvalue weighted by Gasteiger charge is -2.21. The second-order valence-corrected chi connectivity index (χ2v) is 7.19. The molecule has 0 atom stereocenters. The van der Waals surface area contributed by atoms with Gasteiger partial charge in [-0.15, -0.1) is 0 Å². The Balaban J connectivity index is 1.30. The van der Waals surface area contributed by atoms with Crippen LogP contribution in [0.5, 0.6) is 0 Å². The number of aryl methyl sites for hydroxylation is 1. The van der Waals surface area contributed by atoms with Gasteiger partial charge in [0.25, 0.3) is 0 Å². The molecular formula is C21H31N3O2. The highest BCUT2D eigenvalue weighted by Gasteiger charge is 2.13. The molecule has 5 heteroatoms. The second kappa shape index (κ2) is 9.62. The second-order valence-electron chi connectivity index (χ2n) is 7.19. The molecule has 2 amide bonds. The van der Waals surface area contributed by atoms with Crippen molar-refractivity contribution in [3.05, 3.63) is 35.5 Å². The fraction of sp³-hybridized carbons (Fsp3) is 0.571. The fourth-order valence-corrected chi connectivity index (χ4v) is 3.78. The van der Waals surface area contributed by atoms with Crippen molar-refractivity contribution in [1.82, 2.24) is 15.6 Å². The average Bonchev–Trinajstić information content (AvgIpc) is 2.98. The summed E-state index contributed by atoms with van der Waals surface area (Å²) in [6, 6.07) is 8.20. The summed E-state index contributed by atoms with van der Waals surface area (Å²) in [5, 5.41) is 7.11. The van der Waals surface area contributed by atoms with Gasteiger partial charge in [0.15, 0.2) is 0 Å². The van der Waals surface area contributed by atoms with E-state index < -0.39 is 0 Å². The van der Waals surface area contributed by atoms with Crippen LogP contribution < -0.4 is 10.6 Å². The number of benzene rings is 1. The van der Waals surface area contributed by atoms with Crippen LogP contribution in [0.3, 0.4) is 0 Å². The van der Waals surface area contributed by atoms with Crippen LogP contribution in [0, 0.1) is 6.92 Å². The Bertz CT molecular complexity index is 704. The molecule has 3 rings (SSSR count). The van der Waals surface area contributed by atoms with Crippen LogP contribution in [0.1, 0.15) is 49.8 Å². The molecule has 1 aromatic heterocycles. The van der Waals surface area contributed by atoms with Crippen molar-refractivity contribution in [3.63, 3.8) is 0 Å². The largest absolute Gasteiger partial charge is 0.378 e. The molecule has 1 fully saturated rings. The molecule has 2 aromatic rings. The summed E-state index contributed by atoms with van der Waals surface area (Å²) in [5.74, 6) is 0. The van der Waals surface area contributed by atoms with E-state index in [2.05, 4.69) is 40.7 Å². The number of para-hydroxylation sites is 1. The summed E-state index contributed by atoms with van der Waals surface area (Å²) in [6.07, 6.45) is 8.46. The number of amides is 2. The summed E-state index contributed by atoms with van der Waals surface area (Å²) < 4.78 is 5.87. The van der Waals surface area contributed by atoms with Gasteiger partial charge >= 0.3 is 6.03 Å². The van der Waals surface area contributed by atoms with Crippen LogP contribution in [0.25, 0.3) is 10.9 Å². The van der Waals surface area contributed by atoms with Crippen molar-refractivity contribution in [2.24, 2.45) is 0 Å². The molecule has 26 heavy (non-hydrogen) atoms. The lowest BCUT2D eigenvalue weighted by molar-refractivity contribution is 0.0275. The Morgan fingerprint density at radius 1 is 1.15 bits per heavy atom. The van der Waals surface area contributed by atoms with E-state index in [0.29, 0.717) is 19.2 Å². The Morgan fingerprint density at radius 2 is 1.92 bits per heavy atom. The summed E-state index contributed by atoms with van der Waals surface area (Å²) in [4.78, 5) is 15.3. The lowest BCUT2D eigenvalue weighted by Crippen LogP contribution is -2.37. The van der Waals surface area contributed by atoms with Gasteiger partial charge in [0.2, 0.25) is 0 Å². The third-order valence-electron chi connectivity index (χ3n) is 5.20. The maximum atomic E-state index is 11.9. The van der Waals surface area contributed by atoms with E-state index >= 15 is 0 Å². The van der Waals surface area contributed by atoms with Crippen LogP contribution in [0.4, 0.5) is 4.79 Å². The molecule has 1 heterocycles. The number of hydrogen-bond donors (Lipinski definition) is 3. The van der Waals surface area contributed by atoms with E-state index in [-0.39, 0.29) is 6.03 Å². The van der Waals surface area contributed by atoms with E-state index in [4.69, 9.17) is 4.74 Å². The third kappa shape index (κ3) is 5.24. The molecule has 3 N–H and O–H groups in total. The number of carbonyl (C=O) groups excluding carboxylic acids is 1. The molecule has 0 saturated heterocycles. The first kappa shape index (κ1) is 18.8. The maximum absolute atomic E-state index is 11.9. The SMILES string of the molecule is Cc1[nH]c2ccccc2c1CCNC(=O)NCCCOC1CCCCC1. The van der Waals surface area contributed by atoms with E-state index in [1.165, 1.54) is 48.7 Å². The first-order valence-corrected chi connectivity index (χ1v) is 9.93. The zero-order chi connectivity index (χ0) is 18.2. The fourth-order valence-electron chi connectivity index (χ4n) is 3.78. The molecule has 5 nitrogen and oxygen atoms in total. The zero-order valence-electron chi connectivity index (χ0n) is 15.8. The van der Waals surface area contributed by atoms with Crippen molar-refractivity contribution in [2.75, 3.05) is 19.7 Å². The first-order valence-electron chi connectivity index (χ1n) is 9.93. The van der Waals surface area contributed by atoms with Crippen molar-refractivity contribution in [3.8, 4) is 0 Å². The minimum Gasteiger partial charge on any atom is -0.378 e. The predicted octanol–water partition coefficient (Wildman–Crippen LogP) is 4.06. The van der Waals surface area contributed by atoms with Gasteiger partial charge in [-0.05, 0) is 44.2 Å². The van der Waals surface area contributed by atoms with E-state index in [1.54, 1.807) is 0 Å². The van der Waals surface area contributed by atoms with Crippen LogP contribution in [-0.2, 0) is 11.2 Å². The Hall–Kier alpha value is -2.01. The quantitative estimate of drug-likeness (QED) is 0.624. The Morgan fingerprint density at radius 3 is 2.77 bits per heavy atom. The highest BCUT2D eigenvalue weighted by molar-refractivity contribution is 5.84. The maximum Gasteiger partial charge on any atom is 0.314 e. The van der Waals surface area contributed by atoms with E-state index in [9.17, 15) is 4.79 Å². The first-order chi connectivity index (χ1) is 12.7. The Labute approximate surface area is 155 Å². The molecule has 1 aliphatic carbocycles. The molecule has 0 radical (unpaired) electrons. The van der Waals surface area contributed by atoms with E-state index in [1.807, 2.05) is 6.07 Å². The van der Waals surface area contributed by atoms with Gasteiger partial charge in [-0.3, -0.25) is 0 Å². The molecule has 0 bridgehead atoms. The summed E-state index contributed by atoms with van der Waals surface area (Å²) in [5.41, 5.74) is 3.61. The number of urea groups is 1. The van der Waals surface area contributed by atoms with Crippen molar-refractivity contribution >= 4 is 16.9 Å². The van der Waals surface area contributed by atoms with Gasteiger partial charge < -0.3 is 20.4 Å². The summed E-state index contributed by atoms with van der Waals surface area (Å²) in [7, 11) is 0. The van der Waals surface area contributed by atoms with Gasteiger partial charge in [0, 0.05) is 36.3 Å². The minimum atomic E-state index is -0.0971. The molecule has 0 spiro atoms. The predicted molar refractivity (Wildman–Crippen MR) is 106 cm³/mol. The number of H-pyrrole nitrogens is 1. The molecule has 1 saturated carbocycles. The highest BCUT2D eigenvalue weighted by atomic mass is 16.5. The van der Waals surface area contributed by atoms with Gasteiger partial charge in [-0.2, -0.15) is 0 Å². The van der Waals surface area contributed by atoms with Gasteiger partial charge in [0.05, 0.1) is 6.10 Å². The van der Waals surface area contributed by atoms with Crippen LogP contribution in [0.2, 0.25) is 0 Å². The topological polar surface area (TPSA) is 66.2 Å². The number of hydrogen-bond acceptors (Lipinski definition) is 2. The summed E-state index contributed by atoms with van der Waals surface area (Å²) in [6.45, 7) is 4.11. The smallest absolute Gasteiger partial charge is 0.314 e. The average molecular weight is 357 g/mol. The standard InChI is InChI=1S/C21H31N3O2/c1-16-18(19-10-5-6-11-20(19)24-16)12-14-23-21(25)22-13-7-15-26-17-8-3-2-4-9-17/h5-6,10-11,17,24H,2-4,7-9,12-15H2,1H3,(H2,22,23,25). The highest BCUT2D eigenvalue weighted by Crippen LogP contribution is 2.22. The lowest BCUT2D eigenvalue weighted by atomic mass is 9.98. The number of nitrogens with one attached hydrogen (secondary N) is 3. The van der Waals surface area contributed by atoms with Gasteiger partial charge in [0.1, 0.15) is 0 Å². The molecule has 1 aliphatic rings. The number of aromatic nitrogens is 1. The van der Waals surface area contributed by atoms with E-state index in [0.717, 1.165) is 25.0 Å². The van der Waals surface area contributed by atoms with Crippen LogP contribution in [-0.4, -0.2) is 36.8 Å². The molecule has 142 valence electrons. The van der Waals surface area contributed by atoms with Crippen LogP contribution in [0.15, 0.2) is 24.3 Å². The molecule has 1 aromatic carbocycles.